The van der Waals surface area contributed by atoms with Gasteiger partial charge in [-0.15, -0.1) is 0 Å². The highest BCUT2D eigenvalue weighted by molar-refractivity contribution is 7.47. The zero-order valence-corrected chi connectivity index (χ0v) is 38.4. The summed E-state index contributed by atoms with van der Waals surface area (Å²) >= 11 is 0. The molecule has 0 aliphatic rings. The molecule has 0 aromatic carbocycles. The number of carbonyl (C=O) groups excluding carboxylic acids is 1. The predicted molar refractivity (Wildman–Crippen MR) is 249 cm³/mol. The number of carbonyl (C=O) groups is 1. The van der Waals surface area contributed by atoms with E-state index in [1.165, 1.54) is 44.9 Å². The topological polar surface area (TPSA) is 105 Å². The zero-order chi connectivity index (χ0) is 42.8. The minimum Gasteiger partial charge on any atom is -0.387 e. The van der Waals surface area contributed by atoms with Gasteiger partial charge in [-0.25, -0.2) is 4.57 Å². The molecule has 9 heteroatoms. The van der Waals surface area contributed by atoms with Crippen molar-refractivity contribution in [1.82, 2.24) is 5.32 Å². The van der Waals surface area contributed by atoms with Gasteiger partial charge in [-0.1, -0.05) is 162 Å². The van der Waals surface area contributed by atoms with Gasteiger partial charge in [-0.2, -0.15) is 0 Å². The average Bonchev–Trinajstić information content (AvgIpc) is 3.17. The van der Waals surface area contributed by atoms with Gasteiger partial charge in [0.2, 0.25) is 5.91 Å². The summed E-state index contributed by atoms with van der Waals surface area (Å²) in [6.07, 6.45) is 56.2. The number of quaternary nitrogens is 1. The molecule has 3 atom stereocenters. The second-order valence-electron chi connectivity index (χ2n) is 16.0. The van der Waals surface area contributed by atoms with Crippen molar-refractivity contribution in [3.8, 4) is 0 Å². The molecular weight excluding hydrogens is 744 g/mol. The quantitative estimate of drug-likeness (QED) is 0.0247. The summed E-state index contributed by atoms with van der Waals surface area (Å²) < 4.78 is 23.5. The van der Waals surface area contributed by atoms with Crippen LogP contribution < -0.4 is 5.32 Å². The van der Waals surface area contributed by atoms with E-state index >= 15 is 0 Å². The molecule has 0 radical (unpaired) electrons. The van der Waals surface area contributed by atoms with Gasteiger partial charge in [-0.05, 0) is 83.5 Å². The van der Waals surface area contributed by atoms with E-state index in [4.69, 9.17) is 9.05 Å². The van der Waals surface area contributed by atoms with Crippen molar-refractivity contribution < 1.29 is 32.9 Å². The molecule has 0 bridgehead atoms. The van der Waals surface area contributed by atoms with E-state index in [9.17, 15) is 19.4 Å². The molecule has 3 unspecified atom stereocenters. The number of nitrogens with zero attached hydrogens (tertiary/aromatic N) is 1. The molecule has 3 N–H and O–H groups in total. The van der Waals surface area contributed by atoms with Gasteiger partial charge < -0.3 is 19.8 Å². The monoisotopic (exact) mass is 830 g/mol. The van der Waals surface area contributed by atoms with Crippen LogP contribution in [0.4, 0.5) is 0 Å². The highest BCUT2D eigenvalue weighted by atomic mass is 31.2. The Kier molecular flexibility index (Phi) is 38.1. The lowest BCUT2D eigenvalue weighted by molar-refractivity contribution is -0.870. The number of unbranched alkanes of at least 4 members (excludes halogenated alkanes) is 12. The molecule has 0 aliphatic heterocycles. The van der Waals surface area contributed by atoms with Crippen molar-refractivity contribution in [1.29, 1.82) is 0 Å². The second kappa shape index (κ2) is 39.9. The van der Waals surface area contributed by atoms with Crippen LogP contribution in [0.2, 0.25) is 0 Å². The Hall–Kier alpha value is -2.58. The van der Waals surface area contributed by atoms with E-state index in [2.05, 4.69) is 104 Å². The first-order chi connectivity index (χ1) is 28.0. The van der Waals surface area contributed by atoms with Crippen LogP contribution in [0.1, 0.15) is 155 Å². The van der Waals surface area contributed by atoms with Crippen LogP contribution in [0.5, 0.6) is 0 Å². The molecule has 0 aromatic heterocycles. The Labute approximate surface area is 356 Å². The van der Waals surface area contributed by atoms with Crippen molar-refractivity contribution in [3.63, 3.8) is 0 Å². The van der Waals surface area contributed by atoms with Crippen LogP contribution in [-0.2, 0) is 18.4 Å². The second-order valence-corrected chi connectivity index (χ2v) is 17.5. The normalized spacial score (nSPS) is 15.2. The van der Waals surface area contributed by atoms with Gasteiger partial charge in [0.1, 0.15) is 13.2 Å². The number of phosphoric acid groups is 1. The summed E-state index contributed by atoms with van der Waals surface area (Å²) in [5.41, 5.74) is 0. The maximum absolute atomic E-state index is 12.9. The number of hydrogen-bond acceptors (Lipinski definition) is 5. The Balaban J connectivity index is 4.49. The fourth-order valence-corrected chi connectivity index (χ4v) is 6.44. The van der Waals surface area contributed by atoms with Gasteiger partial charge in [-0.3, -0.25) is 13.8 Å². The van der Waals surface area contributed by atoms with Gasteiger partial charge in [0.25, 0.3) is 0 Å². The van der Waals surface area contributed by atoms with E-state index in [-0.39, 0.29) is 19.1 Å². The maximum atomic E-state index is 12.9. The van der Waals surface area contributed by atoms with E-state index in [0.717, 1.165) is 89.9 Å². The molecule has 0 aromatic rings. The number of rotatable bonds is 39. The van der Waals surface area contributed by atoms with Crippen molar-refractivity contribution in [2.24, 2.45) is 0 Å². The summed E-state index contributed by atoms with van der Waals surface area (Å²) in [6, 6.07) is -0.882. The third-order valence-electron chi connectivity index (χ3n) is 9.29. The van der Waals surface area contributed by atoms with Crippen LogP contribution in [0.25, 0.3) is 0 Å². The lowest BCUT2D eigenvalue weighted by atomic mass is 10.1. The molecule has 58 heavy (non-hydrogen) atoms. The molecule has 0 saturated carbocycles. The molecule has 1 amide bonds. The number of aliphatic hydroxyl groups is 1. The van der Waals surface area contributed by atoms with Crippen molar-refractivity contribution in [2.75, 3.05) is 40.9 Å². The first-order valence-corrected chi connectivity index (χ1v) is 24.1. The number of nitrogens with one attached hydrogen (secondary N) is 1. The molecule has 0 aliphatic carbocycles. The largest absolute Gasteiger partial charge is 0.472 e. The van der Waals surface area contributed by atoms with Crippen molar-refractivity contribution >= 4 is 13.7 Å². The number of phosphoric ester groups is 1. The van der Waals surface area contributed by atoms with Crippen LogP contribution >= 0.6 is 7.82 Å². The molecule has 332 valence electrons. The highest BCUT2D eigenvalue weighted by Gasteiger charge is 2.27. The molecule has 0 rings (SSSR count). The molecule has 0 heterocycles. The van der Waals surface area contributed by atoms with Gasteiger partial charge >= 0.3 is 7.82 Å². The smallest absolute Gasteiger partial charge is 0.387 e. The van der Waals surface area contributed by atoms with Crippen LogP contribution in [0, 0.1) is 0 Å². The lowest BCUT2D eigenvalue weighted by Crippen LogP contribution is -2.45. The maximum Gasteiger partial charge on any atom is 0.472 e. The van der Waals surface area contributed by atoms with Crippen molar-refractivity contribution in [3.05, 3.63) is 97.2 Å². The summed E-state index contributed by atoms with van der Waals surface area (Å²) in [4.78, 5) is 23.1. The predicted octanol–water partition coefficient (Wildman–Crippen LogP) is 12.7. The summed E-state index contributed by atoms with van der Waals surface area (Å²) in [6.45, 7) is 4.61. The first kappa shape index (κ1) is 55.4. The van der Waals surface area contributed by atoms with E-state index in [0.29, 0.717) is 17.4 Å². The fourth-order valence-electron chi connectivity index (χ4n) is 5.70. The van der Waals surface area contributed by atoms with Crippen LogP contribution in [0.3, 0.4) is 0 Å². The van der Waals surface area contributed by atoms with Gasteiger partial charge in [0.15, 0.2) is 0 Å². The van der Waals surface area contributed by atoms with Crippen LogP contribution in [-0.4, -0.2) is 73.4 Å². The fraction of sp³-hybridized carbons (Fsp3) is 0.653. The Bertz CT molecular complexity index is 1260. The summed E-state index contributed by atoms with van der Waals surface area (Å²) in [5.74, 6) is -0.218. The number of allylic oxidation sites excluding steroid dienone is 15. The third kappa shape index (κ3) is 41.6. The number of hydrogen-bond donors (Lipinski definition) is 3. The van der Waals surface area contributed by atoms with Gasteiger partial charge in [0, 0.05) is 6.42 Å². The Morgan fingerprint density at radius 1 is 0.603 bits per heavy atom. The van der Waals surface area contributed by atoms with Gasteiger partial charge in [0.05, 0.1) is 39.9 Å². The third-order valence-corrected chi connectivity index (χ3v) is 10.3. The average molecular weight is 830 g/mol. The number of amides is 1. The number of aliphatic hydroxyl groups excluding tert-OH is 1. The van der Waals surface area contributed by atoms with Crippen LogP contribution in [0.15, 0.2) is 97.2 Å². The van der Waals surface area contributed by atoms with E-state index < -0.39 is 20.0 Å². The highest BCUT2D eigenvalue weighted by Crippen LogP contribution is 2.43. The standard InChI is InChI=1S/C49H85N2O6P/c1-6-8-10-12-14-16-18-20-21-22-23-24-25-26-27-28-29-31-33-35-37-39-41-43-49(53)50-47(46-57-58(54,55)56-45-44-51(3,4)5)48(52)42-40-38-36-34-32-30-19-17-15-13-11-9-7-2/h8,10,14,16,20-21,23-24,26-27,29,31-32,34,40,42,47-48,52H,6-7,9,11-13,15,17-19,22,25,28,30,33,35-39,41,43-46H2,1-5H3,(H-,50,53,54,55)/p+1/b10-8-,16-14-,21-20-,24-23-,27-26-,31-29-,34-32+,42-40+. The van der Waals surface area contributed by atoms with Crippen molar-refractivity contribution in [2.45, 2.75) is 167 Å². The zero-order valence-electron chi connectivity index (χ0n) is 37.5. The van der Waals surface area contributed by atoms with E-state index in [1.54, 1.807) is 6.08 Å². The SMILES string of the molecule is CC/C=C\C/C=C\C/C=C\C/C=C\C/C=C\C/C=C\CCCCCCC(=O)NC(COP(=O)(O)OCC[N+](C)(C)C)C(O)/C=C/CC/C=C/CCCCCCCCC. The molecule has 8 nitrogen and oxygen atoms in total. The molecular formula is C49H86N2O6P+. The Morgan fingerprint density at radius 3 is 1.59 bits per heavy atom. The molecule has 0 fully saturated rings. The number of likely N-dealkylation sites (N-methyl/N-ethyl adjacent to an activating group) is 1. The minimum absolute atomic E-state index is 0.0450. The first-order valence-electron chi connectivity index (χ1n) is 22.6. The van der Waals surface area contributed by atoms with E-state index in [1.807, 2.05) is 27.2 Å². The summed E-state index contributed by atoms with van der Waals surface area (Å²) in [5, 5.41) is 13.8. The molecule has 0 saturated heterocycles. The Morgan fingerprint density at radius 2 is 1.05 bits per heavy atom. The minimum atomic E-state index is -4.36. The summed E-state index contributed by atoms with van der Waals surface area (Å²) in [7, 11) is 1.52. The molecule has 0 spiro atoms. The lowest BCUT2D eigenvalue weighted by Gasteiger charge is -2.25.